The standard InChI is InChI=1S/C2H4O2.CH3NO.Ba.ClO.Li/c1-2(3)4;2-1-3;;1-2;/h1H3,(H,3,4);1H,(H2,2,3);;;/q;;+2;-1;+1/p-1. The zero-order valence-electron chi connectivity index (χ0n) is 6.37. The Labute approximate surface area is 122 Å². The summed E-state index contributed by atoms with van der Waals surface area (Å²) in [5, 5.41) is 8.89. The molecule has 0 aliphatic rings. The number of hydrogen-bond acceptors (Lipinski definition) is 4. The summed E-state index contributed by atoms with van der Waals surface area (Å²) >= 11 is 3.39. The Morgan fingerprint density at radius 3 is 1.55 bits per heavy atom. The molecule has 0 aromatic carbocycles. The maximum atomic E-state index is 8.89. The van der Waals surface area contributed by atoms with E-state index in [4.69, 9.17) is 19.4 Å². The number of carbonyl (C=O) groups is 2. The molecule has 0 heterocycles. The van der Waals surface area contributed by atoms with Gasteiger partial charge in [-0.2, -0.15) is 0 Å². The molecule has 8 heteroatoms. The van der Waals surface area contributed by atoms with Gasteiger partial charge < -0.3 is 20.3 Å². The van der Waals surface area contributed by atoms with E-state index < -0.39 is 5.97 Å². The second-order valence-electron chi connectivity index (χ2n) is 0.628. The van der Waals surface area contributed by atoms with Crippen molar-refractivity contribution in [3.8, 4) is 0 Å². The smallest absolute Gasteiger partial charge is 0.769 e. The molecular formula is C3H6BaClLiNO4+. The van der Waals surface area contributed by atoms with Gasteiger partial charge in [0.1, 0.15) is 0 Å². The molecule has 0 bridgehead atoms. The number of amides is 1. The predicted molar refractivity (Wildman–Crippen MR) is 32.5 cm³/mol. The Morgan fingerprint density at radius 1 is 1.55 bits per heavy atom. The Balaban J connectivity index is -0.0000000158. The average Bonchev–Trinajstić information content (AvgIpc) is 1.71. The van der Waals surface area contributed by atoms with Gasteiger partial charge in [0.2, 0.25) is 6.41 Å². The van der Waals surface area contributed by atoms with Gasteiger partial charge in [-0.05, 0) is 6.92 Å². The van der Waals surface area contributed by atoms with Crippen LogP contribution in [0.3, 0.4) is 0 Å². The zero-order valence-corrected chi connectivity index (χ0v) is 11.6. The molecule has 0 aromatic heterocycles. The molecule has 0 radical (unpaired) electrons. The van der Waals surface area contributed by atoms with Crippen molar-refractivity contribution in [3.63, 3.8) is 0 Å². The van der Waals surface area contributed by atoms with Gasteiger partial charge in [0.25, 0.3) is 0 Å². The summed E-state index contributed by atoms with van der Waals surface area (Å²) < 4.78 is 7.72. The summed E-state index contributed by atoms with van der Waals surface area (Å²) in [5.74, 6) is -1.08. The quantitative estimate of drug-likeness (QED) is 0.355. The molecule has 11 heavy (non-hydrogen) atoms. The molecule has 0 saturated heterocycles. The summed E-state index contributed by atoms with van der Waals surface area (Å²) in [6.45, 7) is 0.972. The predicted octanol–water partition coefficient (Wildman–Crippen LogP) is -6.02. The summed E-state index contributed by atoms with van der Waals surface area (Å²) in [6, 6.07) is 0. The van der Waals surface area contributed by atoms with Gasteiger partial charge in [0.15, 0.2) is 0 Å². The van der Waals surface area contributed by atoms with Crippen LogP contribution in [0.1, 0.15) is 6.92 Å². The molecule has 0 saturated carbocycles. The molecule has 5 nitrogen and oxygen atoms in total. The van der Waals surface area contributed by atoms with Crippen molar-refractivity contribution in [1.29, 1.82) is 0 Å². The van der Waals surface area contributed by atoms with Crippen molar-refractivity contribution >= 4 is 73.1 Å². The van der Waals surface area contributed by atoms with Gasteiger partial charge in [0, 0.05) is 5.97 Å². The molecule has 2 N–H and O–H groups in total. The number of primary amides is 1. The number of carbonyl (C=O) groups excluding carboxylic acids is 2. The van der Waals surface area contributed by atoms with Crippen molar-refractivity contribution in [2.24, 2.45) is 5.73 Å². The largest absolute Gasteiger partial charge is 2.00 e. The van der Waals surface area contributed by atoms with E-state index in [1.54, 1.807) is 0 Å². The van der Waals surface area contributed by atoms with Crippen LogP contribution in [0.5, 0.6) is 0 Å². The van der Waals surface area contributed by atoms with Crippen LogP contribution in [-0.4, -0.2) is 61.3 Å². The Hall–Kier alpha value is 1.36. The minimum atomic E-state index is -1.08. The first kappa shape index (κ1) is 29.4. The number of hydrogen-bond donors (Lipinski definition) is 1. The van der Waals surface area contributed by atoms with Crippen molar-refractivity contribution < 1.29 is 38.2 Å². The molecule has 0 aromatic rings. The maximum absolute atomic E-state index is 8.89. The van der Waals surface area contributed by atoms with Crippen LogP contribution >= 0.6 is 11.9 Å². The summed E-state index contributed by atoms with van der Waals surface area (Å²) in [7, 11) is 0. The van der Waals surface area contributed by atoms with Crippen LogP contribution in [0.25, 0.3) is 0 Å². The molecule has 0 spiro atoms. The fourth-order valence-electron chi connectivity index (χ4n) is 0. The maximum Gasteiger partial charge on any atom is 2.00 e. The van der Waals surface area contributed by atoms with E-state index in [2.05, 4.69) is 17.6 Å². The molecule has 1 amide bonds. The van der Waals surface area contributed by atoms with E-state index in [0.29, 0.717) is 0 Å². The number of halogens is 1. The van der Waals surface area contributed by atoms with Gasteiger partial charge in [-0.15, -0.1) is 0 Å². The van der Waals surface area contributed by atoms with E-state index in [-0.39, 0.29) is 74.2 Å². The second-order valence-corrected chi connectivity index (χ2v) is 0.628. The monoisotopic (exact) mass is 300 g/mol. The van der Waals surface area contributed by atoms with Crippen LogP contribution in [0.15, 0.2) is 0 Å². The van der Waals surface area contributed by atoms with Gasteiger partial charge in [-0.1, -0.05) is 0 Å². The van der Waals surface area contributed by atoms with E-state index in [1.165, 1.54) is 0 Å². The number of carboxylic acids is 1. The SMILES string of the molecule is CC(=O)[O-].NC=O.[Ba+2].[Li+].[O-]Cl. The number of rotatable bonds is 0. The first-order valence-corrected chi connectivity index (χ1v) is 1.94. The molecule has 0 fully saturated rings. The minimum absolute atomic E-state index is 0. The van der Waals surface area contributed by atoms with Gasteiger partial charge in [-0.3, -0.25) is 4.79 Å². The van der Waals surface area contributed by atoms with Crippen LogP contribution < -0.4 is 34.4 Å². The topological polar surface area (TPSA) is 106 Å². The molecule has 56 valence electrons. The van der Waals surface area contributed by atoms with E-state index in [1.807, 2.05) is 0 Å². The van der Waals surface area contributed by atoms with E-state index in [9.17, 15) is 0 Å². The fraction of sp³-hybridized carbons (Fsp3) is 0.333. The minimum Gasteiger partial charge on any atom is -0.769 e. The van der Waals surface area contributed by atoms with Crippen LogP contribution in [-0.2, 0) is 9.59 Å². The van der Waals surface area contributed by atoms with Crippen LogP contribution in [0.4, 0.5) is 0 Å². The molecule has 0 aliphatic carbocycles. The second kappa shape index (κ2) is 42.4. The van der Waals surface area contributed by atoms with Gasteiger partial charge in [-0.25, -0.2) is 11.9 Å². The molecule has 0 unspecified atom stereocenters. The Kier molecular flexibility index (Phi) is 114. The van der Waals surface area contributed by atoms with E-state index in [0.717, 1.165) is 6.92 Å². The first-order valence-electron chi connectivity index (χ1n) is 1.63. The van der Waals surface area contributed by atoms with Crippen LogP contribution in [0, 0.1) is 0 Å². The fourth-order valence-corrected chi connectivity index (χ4v) is 0. The summed E-state index contributed by atoms with van der Waals surface area (Å²) in [6.07, 6.45) is 0.250. The number of nitrogens with two attached hydrogens (primary N) is 1. The van der Waals surface area contributed by atoms with Crippen molar-refractivity contribution in [2.45, 2.75) is 6.92 Å². The Morgan fingerprint density at radius 2 is 1.55 bits per heavy atom. The van der Waals surface area contributed by atoms with Gasteiger partial charge in [0.05, 0.1) is 0 Å². The third-order valence-corrected chi connectivity index (χ3v) is 0. The van der Waals surface area contributed by atoms with Crippen molar-refractivity contribution in [2.75, 3.05) is 0 Å². The summed E-state index contributed by atoms with van der Waals surface area (Å²) in [4.78, 5) is 17.5. The van der Waals surface area contributed by atoms with E-state index >= 15 is 0 Å². The normalized spacial score (nSPS) is 3.91. The first-order chi connectivity index (χ1) is 4.15. The average molecular weight is 300 g/mol. The molecule has 0 aliphatic heterocycles. The zero-order chi connectivity index (χ0) is 8.28. The summed E-state index contributed by atoms with van der Waals surface area (Å²) in [5.41, 5.74) is 4.17. The molecular weight excluding hydrogens is 294 g/mol. The van der Waals surface area contributed by atoms with Crippen molar-refractivity contribution in [1.82, 2.24) is 0 Å². The third kappa shape index (κ3) is 539. The molecule has 0 atom stereocenters. The number of aliphatic carboxylic acids is 1. The number of carboxylic acid groups (broad SMARTS) is 1. The third-order valence-electron chi connectivity index (χ3n) is 0. The molecule has 0 rings (SSSR count). The van der Waals surface area contributed by atoms with Gasteiger partial charge >= 0.3 is 67.7 Å². The van der Waals surface area contributed by atoms with Crippen molar-refractivity contribution in [3.05, 3.63) is 0 Å². The van der Waals surface area contributed by atoms with Crippen LogP contribution in [0.2, 0.25) is 0 Å². The Bertz CT molecular complexity index is 72.4.